The maximum Gasteiger partial charge on any atom is 0.236 e. The maximum atomic E-state index is 12.7. The van der Waals surface area contributed by atoms with Crippen molar-refractivity contribution >= 4 is 11.6 Å². The van der Waals surface area contributed by atoms with Crippen LogP contribution in [0.15, 0.2) is 72.8 Å². The average Bonchev–Trinajstić information content (AvgIpc) is 2.89. The summed E-state index contributed by atoms with van der Waals surface area (Å²) >= 11 is 0. The number of nitrogens with one attached hydrogen (secondary N) is 1. The summed E-state index contributed by atoms with van der Waals surface area (Å²) < 4.78 is 10.6. The van der Waals surface area contributed by atoms with Crippen molar-refractivity contribution in [2.24, 2.45) is 0 Å². The van der Waals surface area contributed by atoms with E-state index in [-0.39, 0.29) is 5.91 Å². The van der Waals surface area contributed by atoms with Gasteiger partial charge in [-0.2, -0.15) is 0 Å². The molecule has 1 aliphatic rings. The van der Waals surface area contributed by atoms with Crippen LogP contribution in [0.4, 0.5) is 5.69 Å². The minimum atomic E-state index is 0.131. The minimum Gasteiger partial charge on any atom is -0.493 e. The first-order valence-corrected chi connectivity index (χ1v) is 11.3. The fraction of sp³-hybridized carbons (Fsp3) is 0.296. The van der Waals surface area contributed by atoms with Crippen molar-refractivity contribution in [3.63, 3.8) is 0 Å². The molecule has 1 heterocycles. The fourth-order valence-electron chi connectivity index (χ4n) is 4.22. The number of nitrogens with zero attached hydrogens (tertiary/aromatic N) is 2. The lowest BCUT2D eigenvalue weighted by Crippen LogP contribution is -2.50. The summed E-state index contributed by atoms with van der Waals surface area (Å²) in [7, 11) is 3.24. The molecule has 4 rings (SSSR count). The van der Waals surface area contributed by atoms with Crippen LogP contribution in [0.1, 0.15) is 5.56 Å². The SMILES string of the molecule is COc1ccc(CNCC(=O)N2CCN(c3ccccc3-c3ccccc3)CC2)cc1OC. The monoisotopic (exact) mass is 445 g/mol. The molecule has 0 atom stereocenters. The van der Waals surface area contributed by atoms with E-state index in [1.807, 2.05) is 29.2 Å². The summed E-state index contributed by atoms with van der Waals surface area (Å²) in [5.41, 5.74) is 4.71. The molecule has 0 radical (unpaired) electrons. The maximum absolute atomic E-state index is 12.7. The van der Waals surface area contributed by atoms with Gasteiger partial charge in [-0.05, 0) is 29.3 Å². The van der Waals surface area contributed by atoms with Crippen molar-refractivity contribution < 1.29 is 14.3 Å². The zero-order chi connectivity index (χ0) is 23.0. The van der Waals surface area contributed by atoms with E-state index < -0.39 is 0 Å². The van der Waals surface area contributed by atoms with Crippen LogP contribution in [0.3, 0.4) is 0 Å². The number of amides is 1. The Kier molecular flexibility index (Phi) is 7.47. The van der Waals surface area contributed by atoms with Crippen LogP contribution in [0.2, 0.25) is 0 Å². The number of methoxy groups -OCH3 is 2. The number of anilines is 1. The van der Waals surface area contributed by atoms with Gasteiger partial charge in [0.1, 0.15) is 0 Å². The third kappa shape index (κ3) is 5.46. The molecule has 33 heavy (non-hydrogen) atoms. The van der Waals surface area contributed by atoms with Gasteiger partial charge in [-0.25, -0.2) is 0 Å². The van der Waals surface area contributed by atoms with E-state index in [0.29, 0.717) is 24.6 Å². The molecule has 0 spiro atoms. The number of ether oxygens (including phenoxy) is 2. The van der Waals surface area contributed by atoms with Gasteiger partial charge in [0, 0.05) is 44.0 Å². The average molecular weight is 446 g/mol. The van der Waals surface area contributed by atoms with Crippen LogP contribution in [0.25, 0.3) is 11.1 Å². The summed E-state index contributed by atoms with van der Waals surface area (Å²) in [6.07, 6.45) is 0. The smallest absolute Gasteiger partial charge is 0.236 e. The largest absolute Gasteiger partial charge is 0.493 e. The molecule has 172 valence electrons. The fourth-order valence-corrected chi connectivity index (χ4v) is 4.22. The predicted molar refractivity (Wildman–Crippen MR) is 132 cm³/mol. The first kappa shape index (κ1) is 22.7. The van der Waals surface area contributed by atoms with Gasteiger partial charge in [-0.15, -0.1) is 0 Å². The van der Waals surface area contributed by atoms with Crippen LogP contribution in [0.5, 0.6) is 11.5 Å². The number of rotatable bonds is 8. The Hall–Kier alpha value is -3.51. The Labute approximate surface area is 195 Å². The van der Waals surface area contributed by atoms with E-state index in [1.54, 1.807) is 14.2 Å². The summed E-state index contributed by atoms with van der Waals surface area (Å²) in [4.78, 5) is 17.1. The van der Waals surface area contributed by atoms with Crippen molar-refractivity contribution in [3.8, 4) is 22.6 Å². The number of hydrogen-bond acceptors (Lipinski definition) is 5. The highest BCUT2D eigenvalue weighted by molar-refractivity contribution is 5.80. The lowest BCUT2D eigenvalue weighted by Gasteiger charge is -2.37. The molecule has 3 aromatic carbocycles. The number of para-hydroxylation sites is 1. The predicted octanol–water partition coefficient (Wildman–Crippen LogP) is 3.81. The van der Waals surface area contributed by atoms with E-state index in [2.05, 4.69) is 58.7 Å². The Balaban J connectivity index is 1.30. The third-order valence-electron chi connectivity index (χ3n) is 6.02. The highest BCUT2D eigenvalue weighted by atomic mass is 16.5. The molecule has 1 amide bonds. The zero-order valence-electron chi connectivity index (χ0n) is 19.3. The molecule has 0 saturated carbocycles. The second-order valence-corrected chi connectivity index (χ2v) is 8.04. The Bertz CT molecular complexity index is 1060. The van der Waals surface area contributed by atoms with Gasteiger partial charge in [-0.1, -0.05) is 54.6 Å². The number of hydrogen-bond donors (Lipinski definition) is 1. The quantitative estimate of drug-likeness (QED) is 0.572. The van der Waals surface area contributed by atoms with E-state index >= 15 is 0 Å². The standard InChI is InChI=1S/C27H31N3O3/c1-32-25-13-12-21(18-26(25)33-2)19-28-20-27(31)30-16-14-29(15-17-30)24-11-7-6-10-23(24)22-8-4-3-5-9-22/h3-13,18,28H,14-17,19-20H2,1-2H3. The summed E-state index contributed by atoms with van der Waals surface area (Å²) in [5, 5.41) is 3.26. The van der Waals surface area contributed by atoms with Crippen LogP contribution < -0.4 is 19.7 Å². The molecular formula is C27H31N3O3. The van der Waals surface area contributed by atoms with Gasteiger partial charge >= 0.3 is 0 Å². The first-order valence-electron chi connectivity index (χ1n) is 11.3. The van der Waals surface area contributed by atoms with Gasteiger partial charge in [0.05, 0.1) is 20.8 Å². The highest BCUT2D eigenvalue weighted by Gasteiger charge is 2.22. The molecule has 0 aliphatic carbocycles. The van der Waals surface area contributed by atoms with Crippen LogP contribution in [-0.2, 0) is 11.3 Å². The molecule has 1 N–H and O–H groups in total. The van der Waals surface area contributed by atoms with Crippen LogP contribution in [0, 0.1) is 0 Å². The molecule has 3 aromatic rings. The Morgan fingerprint density at radius 3 is 2.27 bits per heavy atom. The second-order valence-electron chi connectivity index (χ2n) is 8.04. The van der Waals surface area contributed by atoms with Crippen LogP contribution >= 0.6 is 0 Å². The minimum absolute atomic E-state index is 0.131. The van der Waals surface area contributed by atoms with Gasteiger partial charge in [0.25, 0.3) is 0 Å². The molecule has 0 bridgehead atoms. The van der Waals surface area contributed by atoms with Gasteiger partial charge in [-0.3, -0.25) is 4.79 Å². The van der Waals surface area contributed by atoms with Crippen LogP contribution in [-0.4, -0.2) is 57.8 Å². The molecular weight excluding hydrogens is 414 g/mol. The Morgan fingerprint density at radius 1 is 0.848 bits per heavy atom. The normalized spacial score (nSPS) is 13.6. The second kappa shape index (κ2) is 10.9. The van der Waals surface area contributed by atoms with Gasteiger partial charge in [0.15, 0.2) is 11.5 Å². The number of carbonyl (C=O) groups excluding carboxylic acids is 1. The third-order valence-corrected chi connectivity index (χ3v) is 6.02. The lowest BCUT2D eigenvalue weighted by atomic mass is 10.0. The van der Waals surface area contributed by atoms with E-state index in [0.717, 1.165) is 31.7 Å². The van der Waals surface area contributed by atoms with E-state index in [9.17, 15) is 4.79 Å². The summed E-state index contributed by atoms with van der Waals surface area (Å²) in [6.45, 7) is 4.00. The molecule has 0 aromatic heterocycles. The number of carbonyl (C=O) groups is 1. The molecule has 6 heteroatoms. The molecule has 0 unspecified atom stereocenters. The topological polar surface area (TPSA) is 54.0 Å². The zero-order valence-corrected chi connectivity index (χ0v) is 19.3. The van der Waals surface area contributed by atoms with Crippen molar-refractivity contribution in [2.75, 3.05) is 51.8 Å². The molecule has 6 nitrogen and oxygen atoms in total. The molecule has 1 saturated heterocycles. The molecule has 1 fully saturated rings. The van der Waals surface area contributed by atoms with E-state index in [4.69, 9.17) is 9.47 Å². The van der Waals surface area contributed by atoms with E-state index in [1.165, 1.54) is 16.8 Å². The first-order chi connectivity index (χ1) is 16.2. The molecule has 1 aliphatic heterocycles. The summed E-state index contributed by atoms with van der Waals surface area (Å²) in [6, 6.07) is 24.7. The Morgan fingerprint density at radius 2 is 1.55 bits per heavy atom. The lowest BCUT2D eigenvalue weighted by molar-refractivity contribution is -0.130. The van der Waals surface area contributed by atoms with Crippen molar-refractivity contribution in [1.82, 2.24) is 10.2 Å². The number of piperazine rings is 1. The van der Waals surface area contributed by atoms with Crippen molar-refractivity contribution in [3.05, 3.63) is 78.4 Å². The van der Waals surface area contributed by atoms with Crippen molar-refractivity contribution in [2.45, 2.75) is 6.54 Å². The number of benzene rings is 3. The van der Waals surface area contributed by atoms with Gasteiger partial charge in [0.2, 0.25) is 5.91 Å². The van der Waals surface area contributed by atoms with Crippen molar-refractivity contribution in [1.29, 1.82) is 0 Å². The highest BCUT2D eigenvalue weighted by Crippen LogP contribution is 2.31. The van der Waals surface area contributed by atoms with Gasteiger partial charge < -0.3 is 24.6 Å². The summed E-state index contributed by atoms with van der Waals surface area (Å²) in [5.74, 6) is 1.52.